The lowest BCUT2D eigenvalue weighted by Gasteiger charge is -2.32. The van der Waals surface area contributed by atoms with Crippen molar-refractivity contribution in [3.8, 4) is 11.1 Å². The number of fused-ring (bicyclic) bond motifs is 1. The van der Waals surface area contributed by atoms with Gasteiger partial charge in [-0.25, -0.2) is 4.79 Å². The number of nitrogens with one attached hydrogen (secondary N) is 1. The monoisotopic (exact) mass is 584 g/mol. The van der Waals surface area contributed by atoms with E-state index in [1.54, 1.807) is 12.1 Å². The Morgan fingerprint density at radius 1 is 0.886 bits per heavy atom. The van der Waals surface area contributed by atoms with Crippen LogP contribution in [0.25, 0.3) is 22.0 Å². The Labute approximate surface area is 259 Å². The second kappa shape index (κ2) is 11.8. The number of aryl methyl sites for hydroxylation is 1. The van der Waals surface area contributed by atoms with E-state index in [0.29, 0.717) is 29.2 Å². The van der Waals surface area contributed by atoms with Crippen LogP contribution in [0, 0.1) is 13.8 Å². The van der Waals surface area contributed by atoms with E-state index in [0.717, 1.165) is 53.4 Å². The number of aromatic nitrogens is 1. The molecule has 5 heteroatoms. The Balaban J connectivity index is 1.26. The smallest absolute Gasteiger partial charge is 0.336 e. The second-order valence-electron chi connectivity index (χ2n) is 12.6. The highest BCUT2D eigenvalue weighted by atomic mass is 16.4. The molecule has 1 fully saturated rings. The highest BCUT2D eigenvalue weighted by molar-refractivity contribution is 6.00. The predicted molar refractivity (Wildman–Crippen MR) is 177 cm³/mol. The van der Waals surface area contributed by atoms with Crippen molar-refractivity contribution in [3.05, 3.63) is 130 Å². The van der Waals surface area contributed by atoms with Gasteiger partial charge in [0.15, 0.2) is 0 Å². The van der Waals surface area contributed by atoms with E-state index >= 15 is 0 Å². The summed E-state index contributed by atoms with van der Waals surface area (Å²) >= 11 is 0. The lowest BCUT2D eigenvalue weighted by molar-refractivity contribution is 0.0697. The van der Waals surface area contributed by atoms with Crippen LogP contribution in [0.15, 0.2) is 91.0 Å². The van der Waals surface area contributed by atoms with E-state index in [9.17, 15) is 14.7 Å². The van der Waals surface area contributed by atoms with Crippen molar-refractivity contribution >= 4 is 22.8 Å². The summed E-state index contributed by atoms with van der Waals surface area (Å²) in [7, 11) is 0. The SMILES string of the molecule is Cc1c(C)n(Cc2ccc(-c3ccccc3C(=O)O)cc2)c2ccc(C(=O)NC3(c4cccc(C(C)C)c4)CCCC3)cc12. The minimum absolute atomic E-state index is 0.0224. The summed E-state index contributed by atoms with van der Waals surface area (Å²) in [6.07, 6.45) is 4.13. The van der Waals surface area contributed by atoms with E-state index in [2.05, 4.69) is 80.0 Å². The van der Waals surface area contributed by atoms with Crippen LogP contribution >= 0.6 is 0 Å². The van der Waals surface area contributed by atoms with Crippen LogP contribution in [0.5, 0.6) is 0 Å². The zero-order valence-electron chi connectivity index (χ0n) is 26.0. The van der Waals surface area contributed by atoms with Crippen LogP contribution in [0.4, 0.5) is 0 Å². The molecule has 0 saturated heterocycles. The Hall–Kier alpha value is -4.64. The first-order valence-corrected chi connectivity index (χ1v) is 15.6. The fourth-order valence-electron chi connectivity index (χ4n) is 6.84. The highest BCUT2D eigenvalue weighted by Crippen LogP contribution is 2.40. The van der Waals surface area contributed by atoms with Crippen molar-refractivity contribution in [3.63, 3.8) is 0 Å². The number of amides is 1. The number of hydrogen-bond donors (Lipinski definition) is 2. The number of carbonyl (C=O) groups excluding carboxylic acids is 1. The number of rotatable bonds is 8. The molecule has 2 N–H and O–H groups in total. The van der Waals surface area contributed by atoms with Crippen molar-refractivity contribution in [2.45, 2.75) is 71.4 Å². The first kappa shape index (κ1) is 29.4. The summed E-state index contributed by atoms with van der Waals surface area (Å²) in [6, 6.07) is 30.0. The molecule has 224 valence electrons. The molecule has 0 radical (unpaired) electrons. The van der Waals surface area contributed by atoms with E-state index in [1.807, 2.05) is 36.4 Å². The number of hydrogen-bond acceptors (Lipinski definition) is 2. The molecular weight excluding hydrogens is 544 g/mol. The fraction of sp³-hybridized carbons (Fsp3) is 0.282. The molecule has 0 aliphatic heterocycles. The van der Waals surface area contributed by atoms with Crippen molar-refractivity contribution in [2.24, 2.45) is 0 Å². The third kappa shape index (κ3) is 5.43. The van der Waals surface area contributed by atoms with Crippen molar-refractivity contribution in [1.82, 2.24) is 9.88 Å². The topological polar surface area (TPSA) is 71.3 Å². The molecule has 1 heterocycles. The molecule has 5 aromatic rings. The minimum atomic E-state index is -0.929. The quantitative estimate of drug-likeness (QED) is 0.191. The van der Waals surface area contributed by atoms with Crippen LogP contribution < -0.4 is 5.32 Å². The van der Waals surface area contributed by atoms with Gasteiger partial charge in [-0.05, 0) is 90.3 Å². The molecule has 0 atom stereocenters. The summed E-state index contributed by atoms with van der Waals surface area (Å²) in [5.74, 6) is -0.513. The van der Waals surface area contributed by atoms with Gasteiger partial charge in [0.2, 0.25) is 0 Å². The van der Waals surface area contributed by atoms with Gasteiger partial charge in [-0.3, -0.25) is 4.79 Å². The van der Waals surface area contributed by atoms with Crippen molar-refractivity contribution < 1.29 is 14.7 Å². The molecule has 0 unspecified atom stereocenters. The van der Waals surface area contributed by atoms with Gasteiger partial charge < -0.3 is 15.0 Å². The van der Waals surface area contributed by atoms with E-state index < -0.39 is 5.97 Å². The van der Waals surface area contributed by atoms with Gasteiger partial charge in [0.1, 0.15) is 0 Å². The number of carbonyl (C=O) groups is 2. The van der Waals surface area contributed by atoms with Crippen LogP contribution in [0.2, 0.25) is 0 Å². The molecular formula is C39H40N2O3. The Morgan fingerprint density at radius 3 is 2.32 bits per heavy atom. The Kier molecular flexibility index (Phi) is 7.89. The van der Waals surface area contributed by atoms with E-state index in [-0.39, 0.29) is 11.4 Å². The predicted octanol–water partition coefficient (Wildman–Crippen LogP) is 8.99. The van der Waals surface area contributed by atoms with Gasteiger partial charge >= 0.3 is 5.97 Å². The second-order valence-corrected chi connectivity index (χ2v) is 12.6. The maximum absolute atomic E-state index is 13.8. The number of benzene rings is 4. The largest absolute Gasteiger partial charge is 0.478 e. The zero-order chi connectivity index (χ0) is 31.0. The van der Waals surface area contributed by atoms with Gasteiger partial charge in [-0.2, -0.15) is 0 Å². The molecule has 1 aliphatic carbocycles. The summed E-state index contributed by atoms with van der Waals surface area (Å²) in [5.41, 5.74) is 9.31. The lowest BCUT2D eigenvalue weighted by atomic mass is 9.85. The van der Waals surface area contributed by atoms with Crippen LogP contribution in [0.3, 0.4) is 0 Å². The first-order valence-electron chi connectivity index (χ1n) is 15.6. The standard InChI is InChI=1S/C39H40N2O3/c1-25(2)30-10-9-11-32(22-30)39(20-7-8-21-39)40-37(42)31-18-19-36-35(23-31)26(3)27(4)41(36)24-28-14-16-29(17-15-28)33-12-5-6-13-34(33)38(43)44/h5-6,9-19,22-23,25H,7-8,20-21,24H2,1-4H3,(H,40,42)(H,43,44). The third-order valence-corrected chi connectivity index (χ3v) is 9.58. The van der Waals surface area contributed by atoms with Crippen LogP contribution in [0.1, 0.15) is 94.1 Å². The van der Waals surface area contributed by atoms with Gasteiger partial charge in [0.25, 0.3) is 5.91 Å². The summed E-state index contributed by atoms with van der Waals surface area (Å²) in [4.78, 5) is 25.5. The average molecular weight is 585 g/mol. The number of carboxylic acid groups (broad SMARTS) is 1. The molecule has 5 nitrogen and oxygen atoms in total. The first-order chi connectivity index (χ1) is 21.2. The maximum atomic E-state index is 13.8. The highest BCUT2D eigenvalue weighted by Gasteiger charge is 2.37. The average Bonchev–Trinajstić information content (AvgIpc) is 3.60. The Morgan fingerprint density at radius 2 is 1.61 bits per heavy atom. The number of aromatic carboxylic acids is 1. The summed E-state index contributed by atoms with van der Waals surface area (Å²) in [5, 5.41) is 14.2. The van der Waals surface area contributed by atoms with Gasteiger partial charge in [0, 0.05) is 28.7 Å². The summed E-state index contributed by atoms with van der Waals surface area (Å²) in [6.45, 7) is 9.35. The van der Waals surface area contributed by atoms with Crippen molar-refractivity contribution in [2.75, 3.05) is 0 Å². The normalized spacial score (nSPS) is 14.3. The minimum Gasteiger partial charge on any atom is -0.478 e. The molecule has 6 rings (SSSR count). The summed E-state index contributed by atoms with van der Waals surface area (Å²) < 4.78 is 2.29. The molecule has 1 aromatic heterocycles. The molecule has 1 saturated carbocycles. The van der Waals surface area contributed by atoms with E-state index in [1.165, 1.54) is 16.7 Å². The van der Waals surface area contributed by atoms with Gasteiger partial charge in [-0.15, -0.1) is 0 Å². The van der Waals surface area contributed by atoms with Crippen LogP contribution in [-0.2, 0) is 12.1 Å². The lowest BCUT2D eigenvalue weighted by Crippen LogP contribution is -2.43. The number of nitrogens with zero attached hydrogens (tertiary/aromatic N) is 1. The van der Waals surface area contributed by atoms with Crippen molar-refractivity contribution in [1.29, 1.82) is 0 Å². The molecule has 0 bridgehead atoms. The molecule has 1 amide bonds. The van der Waals surface area contributed by atoms with Gasteiger partial charge in [0.05, 0.1) is 11.1 Å². The fourth-order valence-corrected chi connectivity index (χ4v) is 6.84. The van der Waals surface area contributed by atoms with Gasteiger partial charge in [-0.1, -0.05) is 93.4 Å². The maximum Gasteiger partial charge on any atom is 0.336 e. The third-order valence-electron chi connectivity index (χ3n) is 9.58. The zero-order valence-corrected chi connectivity index (χ0v) is 26.0. The molecule has 44 heavy (non-hydrogen) atoms. The van der Waals surface area contributed by atoms with Crippen LogP contribution in [-0.4, -0.2) is 21.6 Å². The Bertz CT molecular complexity index is 1860. The van der Waals surface area contributed by atoms with E-state index in [4.69, 9.17) is 0 Å². The molecule has 0 spiro atoms. The molecule has 4 aromatic carbocycles. The number of carboxylic acids is 1. The molecule has 1 aliphatic rings.